The zero-order valence-electron chi connectivity index (χ0n) is 11.3. The Balaban J connectivity index is 4.11. The van der Waals surface area contributed by atoms with Crippen molar-refractivity contribution < 1.29 is 13.2 Å². The lowest BCUT2D eigenvalue weighted by molar-refractivity contribution is -0.138. The first kappa shape index (κ1) is 16.7. The first-order chi connectivity index (χ1) is 7.81. The summed E-state index contributed by atoms with van der Waals surface area (Å²) in [5.41, 5.74) is 0. The van der Waals surface area contributed by atoms with E-state index in [-0.39, 0.29) is 18.6 Å². The average Bonchev–Trinajstić information content (AvgIpc) is 2.25. The minimum absolute atomic E-state index is 0.0645. The van der Waals surface area contributed by atoms with E-state index in [0.29, 0.717) is 0 Å². The Morgan fingerprint density at radius 2 is 1.82 bits per heavy atom. The third-order valence-corrected chi connectivity index (χ3v) is 3.12. The lowest BCUT2D eigenvalue weighted by Gasteiger charge is -2.32. The van der Waals surface area contributed by atoms with Crippen LogP contribution in [0.1, 0.15) is 40.0 Å². The summed E-state index contributed by atoms with van der Waals surface area (Å²) in [4.78, 5) is 1.78. The molecular formula is C12H25F3N2. The Morgan fingerprint density at radius 3 is 2.24 bits per heavy atom. The highest BCUT2D eigenvalue weighted by molar-refractivity contribution is 4.79. The van der Waals surface area contributed by atoms with Gasteiger partial charge in [0.05, 0.1) is 6.42 Å². The molecule has 2 atom stereocenters. The van der Waals surface area contributed by atoms with Gasteiger partial charge in [0, 0.05) is 18.6 Å². The first-order valence-electron chi connectivity index (χ1n) is 6.32. The van der Waals surface area contributed by atoms with Crippen LogP contribution in [-0.4, -0.2) is 43.3 Å². The standard InChI is InChI=1S/C12H25F3N2/c1-5-8-16-11(6-2)10(3)17(4)9-7-12(13,14)15/h10-11,16H,5-9H2,1-4H3. The van der Waals surface area contributed by atoms with E-state index in [1.54, 1.807) is 11.9 Å². The number of likely N-dealkylation sites (N-methyl/N-ethyl adjacent to an activating group) is 1. The minimum Gasteiger partial charge on any atom is -0.312 e. The Morgan fingerprint density at radius 1 is 1.24 bits per heavy atom. The van der Waals surface area contributed by atoms with Gasteiger partial charge in [0.1, 0.15) is 0 Å². The minimum atomic E-state index is -4.06. The monoisotopic (exact) mass is 254 g/mol. The molecule has 0 saturated carbocycles. The summed E-state index contributed by atoms with van der Waals surface area (Å²) in [7, 11) is 1.76. The van der Waals surface area contributed by atoms with Crippen molar-refractivity contribution >= 4 is 0 Å². The van der Waals surface area contributed by atoms with Crippen molar-refractivity contribution in [3.63, 3.8) is 0 Å². The largest absolute Gasteiger partial charge is 0.390 e. The molecule has 17 heavy (non-hydrogen) atoms. The van der Waals surface area contributed by atoms with Crippen molar-refractivity contribution in [3.8, 4) is 0 Å². The van der Waals surface area contributed by atoms with Crippen LogP contribution in [0.3, 0.4) is 0 Å². The predicted octanol–water partition coefficient (Wildman–Crippen LogP) is 3.04. The fourth-order valence-corrected chi connectivity index (χ4v) is 1.80. The van der Waals surface area contributed by atoms with Crippen LogP contribution in [0.2, 0.25) is 0 Å². The van der Waals surface area contributed by atoms with Gasteiger partial charge in [-0.15, -0.1) is 0 Å². The Labute approximate surface area is 103 Å². The van der Waals surface area contributed by atoms with Crippen molar-refractivity contribution in [2.75, 3.05) is 20.1 Å². The van der Waals surface area contributed by atoms with Crippen LogP contribution >= 0.6 is 0 Å². The Kier molecular flexibility index (Phi) is 7.79. The van der Waals surface area contributed by atoms with Crippen LogP contribution in [-0.2, 0) is 0 Å². The SMILES string of the molecule is CCCNC(CC)C(C)N(C)CCC(F)(F)F. The molecule has 104 valence electrons. The number of nitrogens with one attached hydrogen (secondary N) is 1. The molecule has 0 fully saturated rings. The van der Waals surface area contributed by atoms with E-state index in [4.69, 9.17) is 0 Å². The van der Waals surface area contributed by atoms with E-state index in [2.05, 4.69) is 19.2 Å². The predicted molar refractivity (Wildman–Crippen MR) is 65.1 cm³/mol. The highest BCUT2D eigenvalue weighted by Gasteiger charge is 2.29. The summed E-state index contributed by atoms with van der Waals surface area (Å²) in [5, 5.41) is 3.37. The van der Waals surface area contributed by atoms with Crippen LogP contribution in [0.5, 0.6) is 0 Å². The van der Waals surface area contributed by atoms with Crippen LogP contribution in [0.25, 0.3) is 0 Å². The van der Waals surface area contributed by atoms with Crippen LogP contribution in [0.15, 0.2) is 0 Å². The second-order valence-corrected chi connectivity index (χ2v) is 4.56. The van der Waals surface area contributed by atoms with Crippen LogP contribution in [0.4, 0.5) is 13.2 Å². The summed E-state index contributed by atoms with van der Waals surface area (Å²) in [6.45, 7) is 7.09. The average molecular weight is 254 g/mol. The quantitative estimate of drug-likeness (QED) is 0.716. The van der Waals surface area contributed by atoms with Gasteiger partial charge in [0.15, 0.2) is 0 Å². The molecule has 0 aromatic heterocycles. The normalized spacial score (nSPS) is 16.2. The molecule has 0 aliphatic heterocycles. The maximum Gasteiger partial charge on any atom is 0.390 e. The van der Waals surface area contributed by atoms with Crippen molar-refractivity contribution in [3.05, 3.63) is 0 Å². The van der Waals surface area contributed by atoms with Gasteiger partial charge in [-0.05, 0) is 33.4 Å². The van der Waals surface area contributed by atoms with E-state index in [0.717, 1.165) is 19.4 Å². The van der Waals surface area contributed by atoms with Gasteiger partial charge in [-0.3, -0.25) is 0 Å². The zero-order valence-corrected chi connectivity index (χ0v) is 11.3. The first-order valence-corrected chi connectivity index (χ1v) is 6.32. The molecule has 0 saturated heterocycles. The summed E-state index contributed by atoms with van der Waals surface area (Å²) in [6, 6.07) is 0.377. The molecule has 2 nitrogen and oxygen atoms in total. The summed E-state index contributed by atoms with van der Waals surface area (Å²) < 4.78 is 36.4. The topological polar surface area (TPSA) is 15.3 Å². The third kappa shape index (κ3) is 7.60. The van der Waals surface area contributed by atoms with Gasteiger partial charge in [0.2, 0.25) is 0 Å². The fourth-order valence-electron chi connectivity index (χ4n) is 1.80. The van der Waals surface area contributed by atoms with Crippen LogP contribution < -0.4 is 5.32 Å². The molecule has 0 radical (unpaired) electrons. The summed E-state index contributed by atoms with van der Waals surface area (Å²) in [5.74, 6) is 0. The highest BCUT2D eigenvalue weighted by Crippen LogP contribution is 2.20. The number of hydrogen-bond acceptors (Lipinski definition) is 2. The van der Waals surface area contributed by atoms with Crippen molar-refractivity contribution in [1.82, 2.24) is 10.2 Å². The molecule has 2 unspecified atom stereocenters. The Hall–Kier alpha value is -0.290. The van der Waals surface area contributed by atoms with Gasteiger partial charge in [-0.1, -0.05) is 13.8 Å². The van der Waals surface area contributed by atoms with Crippen molar-refractivity contribution in [1.29, 1.82) is 0 Å². The van der Waals surface area contributed by atoms with Gasteiger partial charge >= 0.3 is 6.18 Å². The van der Waals surface area contributed by atoms with Gasteiger partial charge in [-0.25, -0.2) is 0 Å². The van der Waals surface area contributed by atoms with Crippen molar-refractivity contribution in [2.45, 2.75) is 58.3 Å². The smallest absolute Gasteiger partial charge is 0.312 e. The molecule has 0 bridgehead atoms. The van der Waals surface area contributed by atoms with Gasteiger partial charge < -0.3 is 10.2 Å². The van der Waals surface area contributed by atoms with E-state index in [1.807, 2.05) is 6.92 Å². The second-order valence-electron chi connectivity index (χ2n) is 4.56. The number of halogens is 3. The number of rotatable bonds is 8. The second kappa shape index (κ2) is 7.93. The molecule has 0 amide bonds. The van der Waals surface area contributed by atoms with Crippen molar-refractivity contribution in [2.24, 2.45) is 0 Å². The van der Waals surface area contributed by atoms with E-state index >= 15 is 0 Å². The number of alkyl halides is 3. The molecular weight excluding hydrogens is 229 g/mol. The maximum absolute atomic E-state index is 12.1. The summed E-state index contributed by atoms with van der Waals surface area (Å²) in [6.07, 6.45) is -2.84. The fraction of sp³-hybridized carbons (Fsp3) is 1.00. The lowest BCUT2D eigenvalue weighted by atomic mass is 10.1. The third-order valence-electron chi connectivity index (χ3n) is 3.12. The highest BCUT2D eigenvalue weighted by atomic mass is 19.4. The summed E-state index contributed by atoms with van der Waals surface area (Å²) >= 11 is 0. The number of hydrogen-bond donors (Lipinski definition) is 1. The Bertz CT molecular complexity index is 195. The molecule has 0 spiro atoms. The van der Waals surface area contributed by atoms with Gasteiger partial charge in [-0.2, -0.15) is 13.2 Å². The molecule has 0 rings (SSSR count). The molecule has 0 aromatic carbocycles. The molecule has 0 aromatic rings. The van der Waals surface area contributed by atoms with E-state index in [1.165, 1.54) is 0 Å². The molecule has 5 heteroatoms. The van der Waals surface area contributed by atoms with Gasteiger partial charge in [0.25, 0.3) is 0 Å². The zero-order chi connectivity index (χ0) is 13.5. The number of nitrogens with zero attached hydrogens (tertiary/aromatic N) is 1. The molecule has 0 heterocycles. The lowest BCUT2D eigenvalue weighted by Crippen LogP contribution is -2.47. The van der Waals surface area contributed by atoms with Crippen LogP contribution in [0, 0.1) is 0 Å². The molecule has 1 N–H and O–H groups in total. The molecule has 0 aliphatic rings. The van der Waals surface area contributed by atoms with E-state index in [9.17, 15) is 13.2 Å². The molecule has 0 aliphatic carbocycles. The van der Waals surface area contributed by atoms with E-state index < -0.39 is 12.6 Å². The maximum atomic E-state index is 12.1.